The zero-order valence-corrected chi connectivity index (χ0v) is 13.1. The predicted molar refractivity (Wildman–Crippen MR) is 85.7 cm³/mol. The Morgan fingerprint density at radius 3 is 2.70 bits per heavy atom. The molecule has 5 heteroatoms. The standard InChI is InChI=1S/C15H22N2O2S/c1-11-5-4-8-17(10-11)15(20)16-12-6-7-13(18-2)14(9-12)19-3/h6-7,9,11H,4-5,8,10H2,1-3H3,(H,16,20). The third-order valence-corrected chi connectivity index (χ3v) is 3.94. The van der Waals surface area contributed by atoms with Crippen LogP contribution in [0.2, 0.25) is 0 Å². The number of hydrogen-bond donors (Lipinski definition) is 1. The maximum Gasteiger partial charge on any atom is 0.173 e. The summed E-state index contributed by atoms with van der Waals surface area (Å²) in [5, 5.41) is 4.06. The average molecular weight is 294 g/mol. The van der Waals surface area contributed by atoms with Crippen molar-refractivity contribution in [3.8, 4) is 11.5 Å². The number of nitrogens with one attached hydrogen (secondary N) is 1. The number of benzene rings is 1. The Morgan fingerprint density at radius 1 is 1.30 bits per heavy atom. The second kappa shape index (κ2) is 6.79. The highest BCUT2D eigenvalue weighted by molar-refractivity contribution is 7.80. The monoisotopic (exact) mass is 294 g/mol. The van der Waals surface area contributed by atoms with Crippen molar-refractivity contribution in [2.45, 2.75) is 19.8 Å². The van der Waals surface area contributed by atoms with Crippen molar-refractivity contribution >= 4 is 23.0 Å². The largest absolute Gasteiger partial charge is 0.493 e. The van der Waals surface area contributed by atoms with Crippen LogP contribution in [0.4, 0.5) is 5.69 Å². The van der Waals surface area contributed by atoms with Crippen molar-refractivity contribution in [2.24, 2.45) is 5.92 Å². The van der Waals surface area contributed by atoms with Gasteiger partial charge in [0.1, 0.15) is 0 Å². The van der Waals surface area contributed by atoms with Crippen LogP contribution in [-0.2, 0) is 0 Å². The number of anilines is 1. The Hall–Kier alpha value is -1.49. The molecule has 0 bridgehead atoms. The second-order valence-corrected chi connectivity index (χ2v) is 5.58. The van der Waals surface area contributed by atoms with Gasteiger partial charge in [-0.25, -0.2) is 0 Å². The van der Waals surface area contributed by atoms with E-state index in [2.05, 4.69) is 17.1 Å². The first kappa shape index (κ1) is 14.9. The maximum absolute atomic E-state index is 5.49. The summed E-state index contributed by atoms with van der Waals surface area (Å²) in [6.45, 7) is 4.33. The zero-order chi connectivity index (χ0) is 14.5. The Morgan fingerprint density at radius 2 is 2.05 bits per heavy atom. The molecule has 2 rings (SSSR count). The summed E-state index contributed by atoms with van der Waals surface area (Å²) in [6.07, 6.45) is 2.49. The summed E-state index contributed by atoms with van der Waals surface area (Å²) in [7, 11) is 3.26. The van der Waals surface area contributed by atoms with Gasteiger partial charge in [0.15, 0.2) is 16.6 Å². The zero-order valence-electron chi connectivity index (χ0n) is 12.3. The first-order valence-corrected chi connectivity index (χ1v) is 7.33. The minimum Gasteiger partial charge on any atom is -0.493 e. The van der Waals surface area contributed by atoms with Gasteiger partial charge in [0.25, 0.3) is 0 Å². The van der Waals surface area contributed by atoms with E-state index in [-0.39, 0.29) is 0 Å². The van der Waals surface area contributed by atoms with Gasteiger partial charge in [-0.1, -0.05) is 6.92 Å². The lowest BCUT2D eigenvalue weighted by atomic mass is 10.0. The lowest BCUT2D eigenvalue weighted by molar-refractivity contribution is 0.276. The summed E-state index contributed by atoms with van der Waals surface area (Å²) in [5.74, 6) is 2.12. The van der Waals surface area contributed by atoms with Crippen LogP contribution in [-0.4, -0.2) is 37.3 Å². The van der Waals surface area contributed by atoms with E-state index in [0.29, 0.717) is 11.7 Å². The minimum atomic E-state index is 0.701. The molecule has 4 nitrogen and oxygen atoms in total. The van der Waals surface area contributed by atoms with Crippen molar-refractivity contribution < 1.29 is 9.47 Å². The van der Waals surface area contributed by atoms with E-state index in [1.807, 2.05) is 18.2 Å². The van der Waals surface area contributed by atoms with E-state index < -0.39 is 0 Å². The molecule has 1 unspecified atom stereocenters. The SMILES string of the molecule is COc1ccc(NC(=S)N2CCCC(C)C2)cc1OC. The van der Waals surface area contributed by atoms with Crippen molar-refractivity contribution in [3.05, 3.63) is 18.2 Å². The van der Waals surface area contributed by atoms with Crippen LogP contribution in [0.15, 0.2) is 18.2 Å². The maximum atomic E-state index is 5.49. The molecule has 1 aromatic carbocycles. The topological polar surface area (TPSA) is 33.7 Å². The van der Waals surface area contributed by atoms with Gasteiger partial charge in [-0.2, -0.15) is 0 Å². The van der Waals surface area contributed by atoms with Crippen molar-refractivity contribution in [3.63, 3.8) is 0 Å². The van der Waals surface area contributed by atoms with Gasteiger partial charge in [-0.3, -0.25) is 0 Å². The van der Waals surface area contributed by atoms with Crippen LogP contribution in [0, 0.1) is 5.92 Å². The van der Waals surface area contributed by atoms with Crippen molar-refractivity contribution in [1.29, 1.82) is 0 Å². The van der Waals surface area contributed by atoms with Crippen LogP contribution in [0.25, 0.3) is 0 Å². The van der Waals surface area contributed by atoms with Crippen LogP contribution in [0.1, 0.15) is 19.8 Å². The summed E-state index contributed by atoms with van der Waals surface area (Å²) < 4.78 is 10.5. The van der Waals surface area contributed by atoms with Crippen LogP contribution >= 0.6 is 12.2 Å². The number of ether oxygens (including phenoxy) is 2. The van der Waals surface area contributed by atoms with Gasteiger partial charge in [0.2, 0.25) is 0 Å². The van der Waals surface area contributed by atoms with Gasteiger partial charge >= 0.3 is 0 Å². The van der Waals surface area contributed by atoms with E-state index >= 15 is 0 Å². The lowest BCUT2D eigenvalue weighted by Gasteiger charge is -2.33. The third-order valence-electron chi connectivity index (χ3n) is 3.58. The molecule has 0 saturated carbocycles. The van der Waals surface area contributed by atoms with E-state index in [9.17, 15) is 0 Å². The van der Waals surface area contributed by atoms with E-state index in [1.54, 1.807) is 14.2 Å². The summed E-state index contributed by atoms with van der Waals surface area (Å²) in [6, 6.07) is 5.72. The normalized spacial score (nSPS) is 18.6. The first-order chi connectivity index (χ1) is 9.63. The van der Waals surface area contributed by atoms with Crippen LogP contribution in [0.5, 0.6) is 11.5 Å². The van der Waals surface area contributed by atoms with E-state index in [0.717, 1.165) is 29.6 Å². The number of nitrogens with zero attached hydrogens (tertiary/aromatic N) is 1. The molecular formula is C15H22N2O2S. The first-order valence-electron chi connectivity index (χ1n) is 6.92. The van der Waals surface area contributed by atoms with Crippen LogP contribution < -0.4 is 14.8 Å². The molecule has 1 aliphatic heterocycles. The Kier molecular flexibility index (Phi) is 5.06. The highest BCUT2D eigenvalue weighted by atomic mass is 32.1. The molecule has 0 aliphatic carbocycles. The molecule has 1 aromatic rings. The molecule has 1 saturated heterocycles. The molecule has 1 fully saturated rings. The van der Waals surface area contributed by atoms with Gasteiger partial charge in [-0.15, -0.1) is 0 Å². The molecular weight excluding hydrogens is 272 g/mol. The number of methoxy groups -OCH3 is 2. The third kappa shape index (κ3) is 3.54. The number of piperidine rings is 1. The fourth-order valence-corrected chi connectivity index (χ4v) is 2.77. The number of rotatable bonds is 3. The number of likely N-dealkylation sites (tertiary alicyclic amines) is 1. The fourth-order valence-electron chi connectivity index (χ4n) is 2.49. The molecule has 1 aliphatic rings. The molecule has 0 spiro atoms. The Labute approximate surface area is 126 Å². The van der Waals surface area contributed by atoms with E-state index in [1.165, 1.54) is 12.8 Å². The van der Waals surface area contributed by atoms with Gasteiger partial charge in [-0.05, 0) is 43.1 Å². The highest BCUT2D eigenvalue weighted by Gasteiger charge is 2.18. The molecule has 110 valence electrons. The molecule has 1 atom stereocenters. The Balaban J connectivity index is 2.03. The van der Waals surface area contributed by atoms with Crippen molar-refractivity contribution in [1.82, 2.24) is 4.90 Å². The quantitative estimate of drug-likeness (QED) is 0.866. The molecule has 20 heavy (non-hydrogen) atoms. The fraction of sp³-hybridized carbons (Fsp3) is 0.533. The molecule has 1 N–H and O–H groups in total. The molecule has 0 aromatic heterocycles. The van der Waals surface area contributed by atoms with Gasteiger partial charge in [0, 0.05) is 24.8 Å². The van der Waals surface area contributed by atoms with Crippen LogP contribution in [0.3, 0.4) is 0 Å². The molecule has 1 heterocycles. The summed E-state index contributed by atoms with van der Waals surface area (Å²) in [4.78, 5) is 2.24. The van der Waals surface area contributed by atoms with E-state index in [4.69, 9.17) is 21.7 Å². The number of hydrogen-bond acceptors (Lipinski definition) is 3. The Bertz CT molecular complexity index is 479. The summed E-state index contributed by atoms with van der Waals surface area (Å²) >= 11 is 5.49. The molecule has 0 amide bonds. The smallest absolute Gasteiger partial charge is 0.173 e. The lowest BCUT2D eigenvalue weighted by Crippen LogP contribution is -2.41. The predicted octanol–water partition coefficient (Wildman–Crippen LogP) is 3.13. The summed E-state index contributed by atoms with van der Waals surface area (Å²) in [5.41, 5.74) is 0.922. The van der Waals surface area contributed by atoms with Gasteiger partial charge < -0.3 is 19.7 Å². The minimum absolute atomic E-state index is 0.701. The highest BCUT2D eigenvalue weighted by Crippen LogP contribution is 2.30. The molecule has 0 radical (unpaired) electrons. The number of thiocarbonyl (C=S) groups is 1. The second-order valence-electron chi connectivity index (χ2n) is 5.19. The average Bonchev–Trinajstić information content (AvgIpc) is 2.47. The van der Waals surface area contributed by atoms with Crippen molar-refractivity contribution in [2.75, 3.05) is 32.6 Å². The van der Waals surface area contributed by atoms with Gasteiger partial charge in [0.05, 0.1) is 14.2 Å².